The van der Waals surface area contributed by atoms with Gasteiger partial charge in [0.1, 0.15) is 18.1 Å². The fourth-order valence-electron chi connectivity index (χ4n) is 4.03. The lowest BCUT2D eigenvalue weighted by Gasteiger charge is -2.29. The average Bonchev–Trinajstić information content (AvgIpc) is 3.55. The van der Waals surface area contributed by atoms with E-state index < -0.39 is 47.9 Å². The second-order valence-electron chi connectivity index (χ2n) is 8.77. The van der Waals surface area contributed by atoms with E-state index >= 15 is 0 Å². The molecule has 0 aromatic carbocycles. The molecule has 15 heteroatoms. The maximum absolute atomic E-state index is 13.3. The van der Waals surface area contributed by atoms with Crippen LogP contribution in [-0.2, 0) is 25.6 Å². The Morgan fingerprint density at radius 2 is 1.97 bits per heavy atom. The molecule has 1 aromatic rings. The summed E-state index contributed by atoms with van der Waals surface area (Å²) < 4.78 is 0. The highest BCUT2D eigenvalue weighted by molar-refractivity contribution is 7.98. The standard InChI is InChI=1S/C22H37N9O5S/c1-37-9-6-16(20(34)31-8-3-5-17(31)21(35)36)30-19(33)15(4-2-7-27-22(24)25)29-18(32)14(23)10-13-11-26-12-28-13/h11-12,14-17H,2-10,23H2,1H3,(H,26,28)(H,29,32)(H,30,33)(H,35,36)(H4,24,25,27). The molecule has 0 spiro atoms. The highest BCUT2D eigenvalue weighted by Gasteiger charge is 2.38. The Kier molecular flexibility index (Phi) is 12.2. The number of carboxylic acid groups (broad SMARTS) is 1. The summed E-state index contributed by atoms with van der Waals surface area (Å²) in [4.78, 5) is 62.9. The van der Waals surface area contributed by atoms with Crippen molar-refractivity contribution in [2.75, 3.05) is 25.1 Å². The van der Waals surface area contributed by atoms with Gasteiger partial charge in [-0.15, -0.1) is 0 Å². The number of nitrogens with two attached hydrogens (primary N) is 3. The van der Waals surface area contributed by atoms with E-state index in [-0.39, 0.29) is 25.3 Å². The Bertz CT molecular complexity index is 939. The van der Waals surface area contributed by atoms with Gasteiger partial charge in [0, 0.05) is 31.4 Å². The molecule has 4 atom stereocenters. The van der Waals surface area contributed by atoms with Crippen molar-refractivity contribution < 1.29 is 24.3 Å². The number of H-pyrrole nitrogens is 1. The van der Waals surface area contributed by atoms with Crippen LogP contribution in [-0.4, -0.2) is 98.9 Å². The van der Waals surface area contributed by atoms with Gasteiger partial charge in [0.15, 0.2) is 5.96 Å². The summed E-state index contributed by atoms with van der Waals surface area (Å²) in [5.74, 6) is -2.16. The molecule has 3 amide bonds. The number of carbonyl (C=O) groups is 4. The first-order valence-corrected chi connectivity index (χ1v) is 13.4. The lowest BCUT2D eigenvalue weighted by atomic mass is 10.1. The number of likely N-dealkylation sites (tertiary alicyclic amines) is 1. The second-order valence-corrected chi connectivity index (χ2v) is 9.75. The molecular weight excluding hydrogens is 502 g/mol. The van der Waals surface area contributed by atoms with Crippen molar-refractivity contribution in [1.29, 1.82) is 0 Å². The molecule has 10 N–H and O–H groups in total. The zero-order chi connectivity index (χ0) is 27.4. The number of rotatable bonds is 15. The predicted octanol–water partition coefficient (Wildman–Crippen LogP) is -1.87. The Balaban J connectivity index is 2.13. The maximum Gasteiger partial charge on any atom is 0.326 e. The average molecular weight is 540 g/mol. The van der Waals surface area contributed by atoms with Crippen molar-refractivity contribution >= 4 is 41.4 Å². The Morgan fingerprint density at radius 3 is 2.59 bits per heavy atom. The van der Waals surface area contributed by atoms with Gasteiger partial charge in [-0.3, -0.25) is 19.4 Å². The number of hydrogen-bond donors (Lipinski definition) is 7. The van der Waals surface area contributed by atoms with Crippen LogP contribution in [0.5, 0.6) is 0 Å². The number of nitrogens with one attached hydrogen (secondary N) is 3. The highest BCUT2D eigenvalue weighted by Crippen LogP contribution is 2.20. The third-order valence-corrected chi connectivity index (χ3v) is 6.60. The Morgan fingerprint density at radius 1 is 1.24 bits per heavy atom. The monoisotopic (exact) mass is 539 g/mol. The van der Waals surface area contributed by atoms with Crippen molar-refractivity contribution in [2.45, 2.75) is 62.7 Å². The molecule has 0 bridgehead atoms. The fourth-order valence-corrected chi connectivity index (χ4v) is 4.50. The summed E-state index contributed by atoms with van der Waals surface area (Å²) >= 11 is 1.50. The Labute approximate surface area is 219 Å². The van der Waals surface area contributed by atoms with Crippen LogP contribution in [0.15, 0.2) is 17.5 Å². The SMILES string of the molecule is CSCCC(NC(=O)C(CCCN=C(N)N)NC(=O)C(N)Cc1cnc[nH]1)C(=O)N1CCCC1C(=O)O. The summed E-state index contributed by atoms with van der Waals surface area (Å²) in [5, 5.41) is 14.9. The molecule has 1 aromatic heterocycles. The number of amides is 3. The first kappa shape index (κ1) is 29.9. The van der Waals surface area contributed by atoms with E-state index in [1.54, 1.807) is 6.20 Å². The van der Waals surface area contributed by atoms with E-state index in [0.717, 1.165) is 0 Å². The minimum Gasteiger partial charge on any atom is -0.480 e. The van der Waals surface area contributed by atoms with E-state index in [1.807, 2.05) is 6.26 Å². The van der Waals surface area contributed by atoms with Gasteiger partial charge in [-0.25, -0.2) is 9.78 Å². The van der Waals surface area contributed by atoms with Crippen LogP contribution < -0.4 is 27.8 Å². The normalized spacial score (nSPS) is 17.5. The number of hydrogen-bond acceptors (Lipinski definition) is 8. The molecule has 1 aliphatic rings. The molecule has 2 heterocycles. The second kappa shape index (κ2) is 15.0. The number of guanidine groups is 1. The number of aromatic amines is 1. The van der Waals surface area contributed by atoms with Crippen LogP contribution in [0.25, 0.3) is 0 Å². The molecule has 0 saturated carbocycles. The number of imidazole rings is 1. The van der Waals surface area contributed by atoms with Gasteiger partial charge in [0.05, 0.1) is 12.4 Å². The maximum atomic E-state index is 13.3. The number of aliphatic imine (C=N–C) groups is 1. The molecule has 0 radical (unpaired) electrons. The number of thioether (sulfide) groups is 1. The molecule has 37 heavy (non-hydrogen) atoms. The third kappa shape index (κ3) is 9.57. The zero-order valence-electron chi connectivity index (χ0n) is 20.9. The van der Waals surface area contributed by atoms with E-state index in [9.17, 15) is 24.3 Å². The van der Waals surface area contributed by atoms with E-state index in [2.05, 4.69) is 25.6 Å². The summed E-state index contributed by atoms with van der Waals surface area (Å²) in [6, 6.07) is -3.80. The van der Waals surface area contributed by atoms with Gasteiger partial charge in [0.2, 0.25) is 17.7 Å². The van der Waals surface area contributed by atoms with Crippen LogP contribution >= 0.6 is 11.8 Å². The van der Waals surface area contributed by atoms with Gasteiger partial charge in [-0.2, -0.15) is 11.8 Å². The fraction of sp³-hybridized carbons (Fsp3) is 0.636. The topological polar surface area (TPSA) is 235 Å². The molecule has 14 nitrogen and oxygen atoms in total. The number of carbonyl (C=O) groups excluding carboxylic acids is 3. The molecule has 1 aliphatic heterocycles. The summed E-state index contributed by atoms with van der Waals surface area (Å²) in [6.07, 6.45) is 6.90. The quantitative estimate of drug-likeness (QED) is 0.0744. The van der Waals surface area contributed by atoms with Crippen LogP contribution in [0.1, 0.15) is 37.8 Å². The first-order valence-electron chi connectivity index (χ1n) is 12.0. The molecule has 2 rings (SSSR count). The molecule has 1 saturated heterocycles. The van der Waals surface area contributed by atoms with Gasteiger partial charge in [0.25, 0.3) is 0 Å². The summed E-state index contributed by atoms with van der Waals surface area (Å²) in [5.41, 5.74) is 17.4. The van der Waals surface area contributed by atoms with E-state index in [1.165, 1.54) is 23.0 Å². The first-order chi connectivity index (χ1) is 17.6. The number of aromatic nitrogens is 2. The van der Waals surface area contributed by atoms with Crippen molar-refractivity contribution in [1.82, 2.24) is 25.5 Å². The minimum absolute atomic E-state index is 0.0899. The lowest BCUT2D eigenvalue weighted by Crippen LogP contribution is -2.57. The largest absolute Gasteiger partial charge is 0.480 e. The van der Waals surface area contributed by atoms with Crippen LogP contribution in [0.2, 0.25) is 0 Å². The number of carboxylic acids is 1. The minimum atomic E-state index is -1.07. The summed E-state index contributed by atoms with van der Waals surface area (Å²) in [6.45, 7) is 0.549. The molecule has 4 unspecified atom stereocenters. The summed E-state index contributed by atoms with van der Waals surface area (Å²) in [7, 11) is 0. The van der Waals surface area contributed by atoms with Crippen molar-refractivity contribution in [3.05, 3.63) is 18.2 Å². The number of nitrogens with zero attached hydrogens (tertiary/aromatic N) is 3. The van der Waals surface area contributed by atoms with E-state index in [0.29, 0.717) is 43.7 Å². The predicted molar refractivity (Wildman–Crippen MR) is 139 cm³/mol. The highest BCUT2D eigenvalue weighted by atomic mass is 32.2. The van der Waals surface area contributed by atoms with Gasteiger partial charge in [-0.1, -0.05) is 0 Å². The molecule has 0 aliphatic carbocycles. The number of aliphatic carboxylic acids is 1. The van der Waals surface area contributed by atoms with Crippen LogP contribution in [0, 0.1) is 0 Å². The molecular formula is C22H37N9O5S. The van der Waals surface area contributed by atoms with Gasteiger partial charge in [-0.05, 0) is 44.1 Å². The van der Waals surface area contributed by atoms with Crippen LogP contribution in [0.4, 0.5) is 0 Å². The van der Waals surface area contributed by atoms with Crippen LogP contribution in [0.3, 0.4) is 0 Å². The van der Waals surface area contributed by atoms with Crippen molar-refractivity contribution in [3.8, 4) is 0 Å². The smallest absolute Gasteiger partial charge is 0.326 e. The Hall–Kier alpha value is -3.33. The molecule has 1 fully saturated rings. The van der Waals surface area contributed by atoms with Crippen molar-refractivity contribution in [2.24, 2.45) is 22.2 Å². The van der Waals surface area contributed by atoms with Gasteiger partial charge >= 0.3 is 5.97 Å². The van der Waals surface area contributed by atoms with Crippen molar-refractivity contribution in [3.63, 3.8) is 0 Å². The molecule has 206 valence electrons. The van der Waals surface area contributed by atoms with Gasteiger partial charge < -0.3 is 42.8 Å². The zero-order valence-corrected chi connectivity index (χ0v) is 21.7. The lowest BCUT2D eigenvalue weighted by molar-refractivity contribution is -0.149. The van der Waals surface area contributed by atoms with E-state index in [4.69, 9.17) is 17.2 Å². The third-order valence-electron chi connectivity index (χ3n) is 5.96.